The number of aliphatic hydroxyl groups excluding tert-OH is 1. The van der Waals surface area contributed by atoms with E-state index in [1.807, 2.05) is 30.3 Å². The zero-order valence-corrected chi connectivity index (χ0v) is 17.4. The van der Waals surface area contributed by atoms with Crippen LogP contribution in [0.1, 0.15) is 35.2 Å². The van der Waals surface area contributed by atoms with Gasteiger partial charge in [0.25, 0.3) is 12.4 Å². The smallest absolute Gasteiger partial charge is 0.314 e. The number of piperidine rings is 1. The highest BCUT2D eigenvalue weighted by molar-refractivity contribution is 5.97. The first-order valence-electron chi connectivity index (χ1n) is 10.1. The van der Waals surface area contributed by atoms with Crippen LogP contribution < -0.4 is 0 Å². The number of benzene rings is 2. The van der Waals surface area contributed by atoms with E-state index >= 15 is 0 Å². The van der Waals surface area contributed by atoms with Crippen molar-refractivity contribution in [3.63, 3.8) is 0 Å². The Morgan fingerprint density at radius 1 is 1.16 bits per heavy atom. The number of phenolic OH excluding ortho intramolecular Hbond substituents is 1. The molecule has 2 atom stereocenters. The molecule has 8 nitrogen and oxygen atoms in total. The van der Waals surface area contributed by atoms with Crippen LogP contribution in [0.15, 0.2) is 48.5 Å². The number of carboxylic acid groups (broad SMARTS) is 2. The van der Waals surface area contributed by atoms with Crippen LogP contribution in [0.3, 0.4) is 0 Å². The van der Waals surface area contributed by atoms with Gasteiger partial charge in [-0.3, -0.25) is 14.4 Å². The van der Waals surface area contributed by atoms with E-state index in [1.54, 1.807) is 0 Å². The molecule has 4 N–H and O–H groups in total. The second-order valence-corrected chi connectivity index (χ2v) is 7.57. The summed E-state index contributed by atoms with van der Waals surface area (Å²) in [6.45, 7) is -0.410. The minimum atomic E-state index is -1.54. The van der Waals surface area contributed by atoms with E-state index in [2.05, 4.69) is 0 Å². The molecular formula is C23H26FNO7. The van der Waals surface area contributed by atoms with Crippen molar-refractivity contribution in [3.05, 3.63) is 65.5 Å². The van der Waals surface area contributed by atoms with Crippen molar-refractivity contribution in [2.45, 2.75) is 31.8 Å². The molecule has 0 aliphatic carbocycles. The van der Waals surface area contributed by atoms with Crippen molar-refractivity contribution in [2.75, 3.05) is 13.1 Å². The zero-order valence-electron chi connectivity index (χ0n) is 17.4. The largest absolute Gasteiger partial charge is 0.507 e. The molecule has 1 aliphatic heterocycles. The van der Waals surface area contributed by atoms with Crippen molar-refractivity contribution in [2.24, 2.45) is 5.41 Å². The number of amides is 1. The summed E-state index contributed by atoms with van der Waals surface area (Å²) >= 11 is 0. The SMILES string of the molecule is O=C(c1c(O)cccc1F)N1CC[C@H](O)[C@](CCCc2ccccc2)(C(=O)O)C1.O=CO. The molecule has 1 fully saturated rings. The Labute approximate surface area is 184 Å². The van der Waals surface area contributed by atoms with Crippen LogP contribution in [0.5, 0.6) is 5.75 Å². The molecule has 0 bridgehead atoms. The van der Waals surface area contributed by atoms with E-state index < -0.39 is 40.5 Å². The summed E-state index contributed by atoms with van der Waals surface area (Å²) < 4.78 is 14.1. The van der Waals surface area contributed by atoms with Gasteiger partial charge in [-0.25, -0.2) is 4.39 Å². The first-order chi connectivity index (χ1) is 15.3. The van der Waals surface area contributed by atoms with Crippen LogP contribution in [-0.2, 0) is 16.0 Å². The van der Waals surface area contributed by atoms with Crippen LogP contribution in [0.4, 0.5) is 4.39 Å². The molecule has 2 aromatic carbocycles. The molecule has 9 heteroatoms. The van der Waals surface area contributed by atoms with Gasteiger partial charge in [-0.15, -0.1) is 0 Å². The highest BCUT2D eigenvalue weighted by Gasteiger charge is 2.50. The maximum Gasteiger partial charge on any atom is 0.314 e. The molecule has 2 aromatic rings. The fraction of sp³-hybridized carbons (Fsp3) is 0.348. The van der Waals surface area contributed by atoms with Gasteiger partial charge in [-0.2, -0.15) is 0 Å². The van der Waals surface area contributed by atoms with E-state index in [1.165, 1.54) is 17.0 Å². The Morgan fingerprint density at radius 3 is 2.41 bits per heavy atom. The van der Waals surface area contributed by atoms with E-state index in [9.17, 15) is 29.3 Å². The van der Waals surface area contributed by atoms with Crippen molar-refractivity contribution in [1.29, 1.82) is 0 Å². The van der Waals surface area contributed by atoms with E-state index in [4.69, 9.17) is 9.90 Å². The maximum atomic E-state index is 14.1. The van der Waals surface area contributed by atoms with Crippen LogP contribution in [0, 0.1) is 11.2 Å². The average molecular weight is 447 g/mol. The topological polar surface area (TPSA) is 135 Å². The minimum absolute atomic E-state index is 0.0680. The van der Waals surface area contributed by atoms with Crippen LogP contribution >= 0.6 is 0 Å². The van der Waals surface area contributed by atoms with Gasteiger partial charge in [0.15, 0.2) is 0 Å². The maximum absolute atomic E-state index is 14.1. The van der Waals surface area contributed by atoms with Crippen molar-refractivity contribution in [1.82, 2.24) is 4.90 Å². The molecule has 1 heterocycles. The van der Waals surface area contributed by atoms with Crippen molar-refractivity contribution < 1.29 is 39.2 Å². The lowest BCUT2D eigenvalue weighted by atomic mass is 9.73. The molecule has 0 saturated carbocycles. The number of halogens is 1. The van der Waals surface area contributed by atoms with Crippen molar-refractivity contribution in [3.8, 4) is 5.75 Å². The van der Waals surface area contributed by atoms with E-state index in [0.717, 1.165) is 11.6 Å². The zero-order chi connectivity index (χ0) is 23.7. The van der Waals surface area contributed by atoms with Crippen LogP contribution in [-0.4, -0.2) is 62.9 Å². The summed E-state index contributed by atoms with van der Waals surface area (Å²) in [6, 6.07) is 13.2. The molecule has 0 spiro atoms. The number of carbonyl (C=O) groups excluding carboxylic acids is 1. The lowest BCUT2D eigenvalue weighted by Gasteiger charge is -2.43. The summed E-state index contributed by atoms with van der Waals surface area (Å²) in [6.07, 6.45) is 0.281. The lowest BCUT2D eigenvalue weighted by molar-refractivity contribution is -0.163. The predicted molar refractivity (Wildman–Crippen MR) is 113 cm³/mol. The third-order valence-corrected chi connectivity index (χ3v) is 5.63. The molecule has 0 aromatic heterocycles. The van der Waals surface area contributed by atoms with Gasteiger partial charge in [-0.05, 0) is 43.4 Å². The van der Waals surface area contributed by atoms with Gasteiger partial charge in [0, 0.05) is 13.1 Å². The molecule has 1 saturated heterocycles. The summed E-state index contributed by atoms with van der Waals surface area (Å²) in [5.74, 6) is -3.33. The molecule has 32 heavy (non-hydrogen) atoms. The Bertz CT molecular complexity index is 917. The third-order valence-electron chi connectivity index (χ3n) is 5.63. The Hall–Kier alpha value is -3.46. The second-order valence-electron chi connectivity index (χ2n) is 7.57. The molecular weight excluding hydrogens is 421 g/mol. The first kappa shape index (κ1) is 24.8. The van der Waals surface area contributed by atoms with Gasteiger partial charge in [0.2, 0.25) is 0 Å². The lowest BCUT2D eigenvalue weighted by Crippen LogP contribution is -2.57. The normalized spacial score (nSPS) is 20.1. The standard InChI is InChI=1S/C22H24FNO5.CH2O2/c23-16-9-4-10-17(25)19(16)20(27)24-13-11-18(26)22(14-24,21(28)29)12-5-8-15-6-2-1-3-7-15;2-1-3/h1-4,6-7,9-10,18,25-26H,5,8,11-14H2,(H,28,29);1H,(H,2,3)/t18-,22+;/m0./s1. The number of aliphatic carboxylic acids is 1. The summed E-state index contributed by atoms with van der Waals surface area (Å²) in [5, 5.41) is 37.2. The van der Waals surface area contributed by atoms with Crippen LogP contribution in [0.25, 0.3) is 0 Å². The number of aliphatic hydroxyl groups is 1. The average Bonchev–Trinajstić information content (AvgIpc) is 2.76. The molecule has 1 aliphatic rings. The predicted octanol–water partition coefficient (Wildman–Crippen LogP) is 2.53. The van der Waals surface area contributed by atoms with Gasteiger partial charge in [0.05, 0.1) is 6.10 Å². The fourth-order valence-corrected chi connectivity index (χ4v) is 3.95. The number of hydrogen-bond acceptors (Lipinski definition) is 5. The first-order valence-corrected chi connectivity index (χ1v) is 10.1. The third kappa shape index (κ3) is 5.61. The number of carbonyl (C=O) groups is 3. The number of nitrogens with zero attached hydrogens (tertiary/aromatic N) is 1. The summed E-state index contributed by atoms with van der Waals surface area (Å²) in [4.78, 5) is 34.5. The monoisotopic (exact) mass is 447 g/mol. The molecule has 172 valence electrons. The number of phenols is 1. The fourth-order valence-electron chi connectivity index (χ4n) is 3.95. The summed E-state index contributed by atoms with van der Waals surface area (Å²) in [5.41, 5.74) is -0.959. The quantitative estimate of drug-likeness (QED) is 0.500. The molecule has 0 radical (unpaired) electrons. The van der Waals surface area contributed by atoms with Gasteiger partial charge in [-0.1, -0.05) is 36.4 Å². The molecule has 0 unspecified atom stereocenters. The number of rotatable bonds is 6. The summed E-state index contributed by atoms with van der Waals surface area (Å²) in [7, 11) is 0. The van der Waals surface area contributed by atoms with Crippen molar-refractivity contribution >= 4 is 18.3 Å². The molecule has 1 amide bonds. The highest BCUT2D eigenvalue weighted by Crippen LogP contribution is 2.37. The number of carboxylic acids is 1. The second kappa shape index (κ2) is 11.2. The van der Waals surface area contributed by atoms with Crippen LogP contribution in [0.2, 0.25) is 0 Å². The van der Waals surface area contributed by atoms with Gasteiger partial charge >= 0.3 is 5.97 Å². The Morgan fingerprint density at radius 2 is 1.81 bits per heavy atom. The molecule has 3 rings (SSSR count). The van der Waals surface area contributed by atoms with E-state index in [-0.39, 0.29) is 32.4 Å². The Balaban J connectivity index is 0.00000114. The number of aromatic hydroxyl groups is 1. The van der Waals surface area contributed by atoms with E-state index in [0.29, 0.717) is 12.8 Å². The number of likely N-dealkylation sites (tertiary alicyclic amines) is 1. The Kier molecular flexibility index (Phi) is 8.71. The highest BCUT2D eigenvalue weighted by atomic mass is 19.1. The van der Waals surface area contributed by atoms with Gasteiger partial charge in [0.1, 0.15) is 22.5 Å². The number of aryl methyl sites for hydroxylation is 1. The van der Waals surface area contributed by atoms with Gasteiger partial charge < -0.3 is 25.3 Å². The minimum Gasteiger partial charge on any atom is -0.507 e. The number of hydrogen-bond donors (Lipinski definition) is 4.